The van der Waals surface area contributed by atoms with Crippen LogP contribution in [0.5, 0.6) is 28.7 Å². The van der Waals surface area contributed by atoms with Crippen molar-refractivity contribution in [2.75, 3.05) is 14.2 Å². The van der Waals surface area contributed by atoms with Crippen molar-refractivity contribution >= 4 is 28.8 Å². The van der Waals surface area contributed by atoms with Crippen molar-refractivity contribution in [2.24, 2.45) is 0 Å². The molecule has 0 aliphatic carbocycles. The Labute approximate surface area is 311 Å². The number of benzene rings is 4. The number of hydrogen-bond acceptors (Lipinski definition) is 8. The van der Waals surface area contributed by atoms with Gasteiger partial charge >= 0.3 is 12.1 Å². The van der Waals surface area contributed by atoms with Gasteiger partial charge < -0.3 is 27.8 Å². The first-order valence-electron chi connectivity index (χ1n) is 17.9. The zero-order chi connectivity index (χ0) is 37.9. The Morgan fingerprint density at radius 2 is 1.08 bits per heavy atom. The van der Waals surface area contributed by atoms with Crippen LogP contribution in [0.2, 0.25) is 38.3 Å². The average Bonchev–Trinajstić information content (AvgIpc) is 3.09. The summed E-state index contributed by atoms with van der Waals surface area (Å²) in [5.74, 6) is 1.83. The quantitative estimate of drug-likeness (QED) is 0.0457. The molecule has 10 heteroatoms. The number of hydrogen-bond donors (Lipinski definition) is 0. The maximum absolute atomic E-state index is 12.7. The summed E-state index contributed by atoms with van der Waals surface area (Å²) in [6.45, 7) is 14.9. The maximum Gasteiger partial charge on any atom is 0.519 e. The smallest absolute Gasteiger partial charge is 0.493 e. The zero-order valence-electron chi connectivity index (χ0n) is 32.2. The fraction of sp³-hybridized carbons (Fsp3) is 0.381. The van der Waals surface area contributed by atoms with Crippen molar-refractivity contribution in [3.8, 4) is 28.7 Å². The zero-order valence-corrected chi connectivity index (χ0v) is 34.2. The van der Waals surface area contributed by atoms with E-state index >= 15 is 0 Å². The second kappa shape index (κ2) is 17.9. The molecule has 0 amide bonds. The van der Waals surface area contributed by atoms with Gasteiger partial charge in [-0.05, 0) is 123 Å². The van der Waals surface area contributed by atoms with Crippen molar-refractivity contribution in [3.05, 3.63) is 113 Å². The monoisotopic (exact) mass is 742 g/mol. The van der Waals surface area contributed by atoms with Gasteiger partial charge in [-0.2, -0.15) is 0 Å². The van der Waals surface area contributed by atoms with Gasteiger partial charge in [0.1, 0.15) is 5.75 Å². The van der Waals surface area contributed by atoms with Gasteiger partial charge in [0.25, 0.3) is 0 Å². The summed E-state index contributed by atoms with van der Waals surface area (Å²) in [5, 5.41) is 0. The molecule has 4 aromatic carbocycles. The van der Waals surface area contributed by atoms with Crippen LogP contribution in [0.3, 0.4) is 0 Å². The van der Waals surface area contributed by atoms with Crippen LogP contribution in [0.1, 0.15) is 55.9 Å². The van der Waals surface area contributed by atoms with E-state index in [4.69, 9.17) is 27.8 Å². The van der Waals surface area contributed by atoms with E-state index < -0.39 is 22.8 Å². The van der Waals surface area contributed by atoms with Crippen molar-refractivity contribution < 1.29 is 37.4 Å². The van der Waals surface area contributed by atoms with E-state index in [1.165, 1.54) is 12.5 Å². The molecular formula is C42H54O8Si2. The molecule has 0 fully saturated rings. The topological polar surface area (TPSA) is 89.5 Å². The second-order valence-corrected chi connectivity index (χ2v) is 23.7. The van der Waals surface area contributed by atoms with E-state index in [1.54, 1.807) is 38.5 Å². The molecule has 0 aromatic heterocycles. The number of aryl methyl sites for hydroxylation is 2. The van der Waals surface area contributed by atoms with Gasteiger partial charge in [0.05, 0.1) is 14.2 Å². The molecule has 0 radical (unpaired) electrons. The lowest BCUT2D eigenvalue weighted by atomic mass is 9.78. The maximum atomic E-state index is 12.7. The molecule has 52 heavy (non-hydrogen) atoms. The van der Waals surface area contributed by atoms with Gasteiger partial charge in [0.15, 0.2) is 39.6 Å². The van der Waals surface area contributed by atoms with E-state index in [0.29, 0.717) is 28.7 Å². The number of ether oxygens (including phenoxy) is 5. The Morgan fingerprint density at radius 1 is 0.596 bits per heavy atom. The molecular weight excluding hydrogens is 689 g/mol. The molecule has 0 aliphatic heterocycles. The Hall–Kier alpha value is -4.39. The largest absolute Gasteiger partial charge is 0.519 e. The predicted molar refractivity (Wildman–Crippen MR) is 211 cm³/mol. The van der Waals surface area contributed by atoms with Gasteiger partial charge in [0.2, 0.25) is 0 Å². The second-order valence-electron chi connectivity index (χ2n) is 14.9. The molecule has 0 saturated heterocycles. The van der Waals surface area contributed by atoms with E-state index in [0.717, 1.165) is 54.5 Å². The third-order valence-corrected chi connectivity index (χ3v) is 16.8. The van der Waals surface area contributed by atoms with Gasteiger partial charge in [-0.1, -0.05) is 68.4 Å². The molecule has 0 heterocycles. The first kappa shape index (κ1) is 40.4. The van der Waals surface area contributed by atoms with Crippen LogP contribution in [-0.2, 0) is 27.2 Å². The van der Waals surface area contributed by atoms with Crippen LogP contribution in [0, 0.1) is 0 Å². The molecule has 0 saturated carbocycles. The van der Waals surface area contributed by atoms with E-state index in [9.17, 15) is 9.59 Å². The molecule has 0 spiro atoms. The third-order valence-electron chi connectivity index (χ3n) is 9.22. The van der Waals surface area contributed by atoms with Crippen LogP contribution in [0.15, 0.2) is 91.0 Å². The van der Waals surface area contributed by atoms with E-state index in [2.05, 4.69) is 52.2 Å². The summed E-state index contributed by atoms with van der Waals surface area (Å²) in [6, 6.07) is 31.3. The molecule has 4 rings (SSSR count). The highest BCUT2D eigenvalue weighted by Gasteiger charge is 2.32. The lowest BCUT2D eigenvalue weighted by molar-refractivity contribution is -0.132. The summed E-state index contributed by atoms with van der Waals surface area (Å²) >= 11 is 0. The van der Waals surface area contributed by atoms with Crippen LogP contribution >= 0.6 is 0 Å². The molecule has 4 aromatic rings. The highest BCUT2D eigenvalue weighted by Crippen LogP contribution is 2.34. The lowest BCUT2D eigenvalue weighted by Crippen LogP contribution is -2.44. The van der Waals surface area contributed by atoms with E-state index in [1.807, 2.05) is 54.6 Å². The number of carbonyl (C=O) groups is 2. The fourth-order valence-electron chi connectivity index (χ4n) is 6.51. The number of rotatable bonds is 17. The lowest BCUT2D eigenvalue weighted by Gasteiger charge is -2.34. The summed E-state index contributed by atoms with van der Waals surface area (Å²) < 4.78 is 34.2. The van der Waals surface area contributed by atoms with Crippen LogP contribution in [-0.4, -0.2) is 43.0 Å². The minimum absolute atomic E-state index is 0.195. The molecule has 0 bridgehead atoms. The van der Waals surface area contributed by atoms with Gasteiger partial charge in [-0.15, -0.1) is 0 Å². The fourth-order valence-corrected chi connectivity index (χ4v) is 15.4. The minimum Gasteiger partial charge on any atom is -0.493 e. The number of methoxy groups -OCH3 is 2. The van der Waals surface area contributed by atoms with Crippen molar-refractivity contribution in [1.29, 1.82) is 0 Å². The van der Waals surface area contributed by atoms with Gasteiger partial charge in [0, 0.05) is 12.3 Å². The van der Waals surface area contributed by atoms with Crippen LogP contribution < -0.4 is 23.7 Å². The first-order chi connectivity index (χ1) is 24.6. The summed E-state index contributed by atoms with van der Waals surface area (Å²) in [4.78, 5) is 24.1. The standard InChI is InChI=1S/C42H54O8Si2/c1-31(43)47-37-25-19-32(29-39(37)45-4)15-13-27-51(6,7)50-52(8,9)28-14-16-33-20-26-38(40(30-33)46-5)49-41(44)48-36-23-21-35(22-24-36)42(2,3)34-17-11-10-12-18-34/h10-12,17-26,29-30H,13-16,27-28H2,1-9H3. The molecule has 0 atom stereocenters. The van der Waals surface area contributed by atoms with Crippen molar-refractivity contribution in [1.82, 2.24) is 0 Å². The van der Waals surface area contributed by atoms with Crippen LogP contribution in [0.4, 0.5) is 4.79 Å². The van der Waals surface area contributed by atoms with Crippen molar-refractivity contribution in [3.63, 3.8) is 0 Å². The predicted octanol–water partition coefficient (Wildman–Crippen LogP) is 10.5. The minimum atomic E-state index is -1.91. The first-order valence-corrected chi connectivity index (χ1v) is 24.1. The Morgan fingerprint density at radius 3 is 1.56 bits per heavy atom. The highest BCUT2D eigenvalue weighted by atomic mass is 28.4. The van der Waals surface area contributed by atoms with Crippen LogP contribution in [0.25, 0.3) is 0 Å². The molecule has 278 valence electrons. The summed E-state index contributed by atoms with van der Waals surface area (Å²) in [7, 11) is -0.649. The van der Waals surface area contributed by atoms with Gasteiger partial charge in [-0.3, -0.25) is 4.79 Å². The molecule has 8 nitrogen and oxygen atoms in total. The Kier molecular flexibility index (Phi) is 13.9. The third kappa shape index (κ3) is 11.8. The average molecular weight is 743 g/mol. The highest BCUT2D eigenvalue weighted by molar-refractivity contribution is 6.84. The van der Waals surface area contributed by atoms with E-state index in [-0.39, 0.29) is 11.4 Å². The van der Waals surface area contributed by atoms with Crippen molar-refractivity contribution in [2.45, 2.75) is 90.1 Å². The number of carbonyl (C=O) groups excluding carboxylic acids is 2. The van der Waals surface area contributed by atoms with Gasteiger partial charge in [-0.25, -0.2) is 4.79 Å². The Bertz CT molecular complexity index is 1790. The summed E-state index contributed by atoms with van der Waals surface area (Å²) in [6.07, 6.45) is 2.94. The number of esters is 1. The molecule has 0 aliphatic rings. The summed E-state index contributed by atoms with van der Waals surface area (Å²) in [5.41, 5.74) is 4.37. The SMILES string of the molecule is COc1cc(CCC[Si](C)(C)O[Si](C)(C)CCCc2ccc(OC(=O)Oc3ccc(C(C)(C)c4ccccc4)cc3)c(OC)c2)ccc1OC(C)=O. The molecule has 0 N–H and O–H groups in total. The Balaban J connectivity index is 1.24. The molecule has 0 unspecified atom stereocenters. The normalized spacial score (nSPS) is 11.9.